The van der Waals surface area contributed by atoms with Crippen LogP contribution in [0.4, 0.5) is 5.82 Å². The molecular formula is C14H14N6OS. The van der Waals surface area contributed by atoms with Crippen molar-refractivity contribution in [2.75, 3.05) is 18.5 Å². The van der Waals surface area contributed by atoms with Gasteiger partial charge in [-0.1, -0.05) is 17.4 Å². The number of rotatable bonds is 5. The highest BCUT2D eigenvalue weighted by Gasteiger charge is 2.11. The number of fused-ring (bicyclic) bond motifs is 3. The third kappa shape index (κ3) is 2.49. The van der Waals surface area contributed by atoms with Crippen LogP contribution in [0.3, 0.4) is 0 Å². The number of pyridine rings is 1. The Morgan fingerprint density at radius 3 is 3.00 bits per heavy atom. The SMILES string of the molecule is N=N/N=C(\N)c1ccc2c(c1)nc(NCCO)c1ccsc12. The summed E-state index contributed by atoms with van der Waals surface area (Å²) in [6.07, 6.45) is 0. The van der Waals surface area contributed by atoms with Crippen LogP contribution in [0.25, 0.3) is 21.0 Å². The van der Waals surface area contributed by atoms with Gasteiger partial charge in [-0.3, -0.25) is 0 Å². The van der Waals surface area contributed by atoms with Crippen LogP contribution >= 0.6 is 11.3 Å². The van der Waals surface area contributed by atoms with Crippen LogP contribution in [-0.2, 0) is 0 Å². The van der Waals surface area contributed by atoms with Crippen LogP contribution in [0, 0.1) is 5.53 Å². The molecule has 0 fully saturated rings. The van der Waals surface area contributed by atoms with Gasteiger partial charge in [0.15, 0.2) is 5.84 Å². The third-order valence-corrected chi connectivity index (χ3v) is 4.20. The molecule has 0 radical (unpaired) electrons. The number of nitrogens with one attached hydrogen (secondary N) is 2. The lowest BCUT2D eigenvalue weighted by Gasteiger charge is -2.09. The molecule has 3 aromatic rings. The van der Waals surface area contributed by atoms with Gasteiger partial charge in [-0.2, -0.15) is 5.53 Å². The van der Waals surface area contributed by atoms with Crippen molar-refractivity contribution >= 4 is 44.0 Å². The van der Waals surface area contributed by atoms with E-state index in [1.54, 1.807) is 11.3 Å². The molecule has 0 amide bonds. The van der Waals surface area contributed by atoms with E-state index in [0.717, 1.165) is 26.8 Å². The van der Waals surface area contributed by atoms with E-state index in [1.807, 2.05) is 29.6 Å². The second-order valence-corrected chi connectivity index (χ2v) is 5.51. The quantitative estimate of drug-likeness (QED) is 0.250. The smallest absolute Gasteiger partial charge is 0.155 e. The number of hydrogen-bond acceptors (Lipinski definition) is 6. The molecule has 0 spiro atoms. The average molecular weight is 314 g/mol. The fraction of sp³-hybridized carbons (Fsp3) is 0.143. The lowest BCUT2D eigenvalue weighted by atomic mass is 10.1. The Balaban J connectivity index is 2.21. The molecule has 2 heterocycles. The van der Waals surface area contributed by atoms with Crippen LogP contribution in [0.15, 0.2) is 40.0 Å². The van der Waals surface area contributed by atoms with E-state index >= 15 is 0 Å². The molecule has 0 aliphatic carbocycles. The van der Waals surface area contributed by atoms with E-state index in [-0.39, 0.29) is 12.4 Å². The summed E-state index contributed by atoms with van der Waals surface area (Å²) < 4.78 is 1.12. The third-order valence-electron chi connectivity index (χ3n) is 3.25. The maximum absolute atomic E-state index is 8.99. The minimum Gasteiger partial charge on any atom is -0.395 e. The highest BCUT2D eigenvalue weighted by Crippen LogP contribution is 2.33. The van der Waals surface area contributed by atoms with Crippen molar-refractivity contribution in [3.05, 3.63) is 35.2 Å². The summed E-state index contributed by atoms with van der Waals surface area (Å²) in [7, 11) is 0. The summed E-state index contributed by atoms with van der Waals surface area (Å²) in [5.74, 6) is 0.908. The summed E-state index contributed by atoms with van der Waals surface area (Å²) in [6, 6.07) is 7.62. The second kappa shape index (κ2) is 6.04. The Kier molecular flexibility index (Phi) is 3.94. The van der Waals surface area contributed by atoms with Gasteiger partial charge in [-0.05, 0) is 17.5 Å². The molecule has 0 atom stereocenters. The van der Waals surface area contributed by atoms with Crippen molar-refractivity contribution < 1.29 is 5.11 Å². The molecule has 7 nitrogen and oxygen atoms in total. The van der Waals surface area contributed by atoms with Crippen molar-refractivity contribution in [2.24, 2.45) is 16.1 Å². The summed E-state index contributed by atoms with van der Waals surface area (Å²) in [6.45, 7) is 0.473. The molecule has 0 unspecified atom stereocenters. The fourth-order valence-electron chi connectivity index (χ4n) is 2.28. The maximum Gasteiger partial charge on any atom is 0.155 e. The molecular weight excluding hydrogens is 300 g/mol. The Bertz CT molecular complexity index is 872. The van der Waals surface area contributed by atoms with Crippen molar-refractivity contribution in [3.8, 4) is 0 Å². The zero-order valence-corrected chi connectivity index (χ0v) is 12.4. The second-order valence-electron chi connectivity index (χ2n) is 4.59. The highest BCUT2D eigenvalue weighted by atomic mass is 32.1. The number of nitrogens with zero attached hydrogens (tertiary/aromatic N) is 3. The maximum atomic E-state index is 8.99. The number of thiophene rings is 1. The number of hydrogen-bond donors (Lipinski definition) is 4. The fourth-order valence-corrected chi connectivity index (χ4v) is 3.21. The Morgan fingerprint density at radius 1 is 1.36 bits per heavy atom. The summed E-state index contributed by atoms with van der Waals surface area (Å²) >= 11 is 1.64. The first kappa shape index (κ1) is 14.4. The summed E-state index contributed by atoms with van der Waals surface area (Å²) in [4.78, 5) is 4.61. The van der Waals surface area contributed by atoms with Gasteiger partial charge in [-0.15, -0.1) is 16.4 Å². The van der Waals surface area contributed by atoms with E-state index in [4.69, 9.17) is 16.4 Å². The lowest BCUT2D eigenvalue weighted by Crippen LogP contribution is -2.12. The molecule has 0 aliphatic rings. The monoisotopic (exact) mass is 314 g/mol. The Labute approximate surface area is 130 Å². The van der Waals surface area contributed by atoms with Gasteiger partial charge in [-0.25, -0.2) is 4.98 Å². The van der Waals surface area contributed by atoms with E-state index in [1.165, 1.54) is 0 Å². The normalized spacial score (nSPS) is 12.0. The van der Waals surface area contributed by atoms with Crippen LogP contribution in [0.5, 0.6) is 0 Å². The van der Waals surface area contributed by atoms with Crippen LogP contribution < -0.4 is 11.1 Å². The van der Waals surface area contributed by atoms with Crippen molar-refractivity contribution in [1.29, 1.82) is 5.53 Å². The Morgan fingerprint density at radius 2 is 2.23 bits per heavy atom. The predicted molar refractivity (Wildman–Crippen MR) is 88.6 cm³/mol. The van der Waals surface area contributed by atoms with Gasteiger partial charge in [0.1, 0.15) is 5.82 Å². The molecule has 5 N–H and O–H groups in total. The summed E-state index contributed by atoms with van der Waals surface area (Å²) in [5.41, 5.74) is 14.0. The number of aliphatic hydroxyl groups is 1. The van der Waals surface area contributed by atoms with Crippen molar-refractivity contribution in [2.45, 2.75) is 0 Å². The number of nitrogens with two attached hydrogens (primary N) is 1. The molecule has 8 heteroatoms. The number of benzene rings is 1. The summed E-state index contributed by atoms with van der Waals surface area (Å²) in [5, 5.41) is 22.7. The number of aromatic nitrogens is 1. The predicted octanol–water partition coefficient (Wildman–Crippen LogP) is 2.50. The van der Waals surface area contributed by atoms with Crippen molar-refractivity contribution in [1.82, 2.24) is 4.98 Å². The minimum absolute atomic E-state index is 0.0377. The molecule has 0 saturated carbocycles. The van der Waals surface area contributed by atoms with Gasteiger partial charge in [0.2, 0.25) is 0 Å². The van der Waals surface area contributed by atoms with Gasteiger partial charge >= 0.3 is 0 Å². The largest absolute Gasteiger partial charge is 0.395 e. The first-order valence-electron chi connectivity index (χ1n) is 6.60. The van der Waals surface area contributed by atoms with Gasteiger partial charge in [0.05, 0.1) is 12.1 Å². The number of amidine groups is 1. The molecule has 1 aromatic carbocycles. The first-order valence-corrected chi connectivity index (χ1v) is 7.48. The molecule has 2 aromatic heterocycles. The first-order chi connectivity index (χ1) is 10.7. The van der Waals surface area contributed by atoms with Gasteiger partial charge in [0.25, 0.3) is 0 Å². The van der Waals surface area contributed by atoms with Crippen LogP contribution in [0.1, 0.15) is 5.56 Å². The number of aliphatic hydroxyl groups excluding tert-OH is 1. The van der Waals surface area contributed by atoms with Crippen LogP contribution in [0.2, 0.25) is 0 Å². The standard InChI is InChI=1S/C14H14N6OS/c15-13(19-20-16)8-1-2-9-11(7-8)18-14(17-4-5-21)10-3-6-22-12(9)10/h1-3,6-7,21H,4-5H2,(H,17,18)(H3,15,16,19). The zero-order valence-electron chi connectivity index (χ0n) is 11.6. The van der Waals surface area contributed by atoms with Gasteiger partial charge < -0.3 is 16.2 Å². The zero-order chi connectivity index (χ0) is 15.5. The highest BCUT2D eigenvalue weighted by molar-refractivity contribution is 7.18. The average Bonchev–Trinajstić information content (AvgIpc) is 3.02. The van der Waals surface area contributed by atoms with Crippen LogP contribution in [-0.4, -0.2) is 29.1 Å². The van der Waals surface area contributed by atoms with E-state index in [0.29, 0.717) is 12.1 Å². The topological polar surface area (TPSA) is 120 Å². The Hall–Kier alpha value is -2.58. The molecule has 0 saturated heterocycles. The molecule has 22 heavy (non-hydrogen) atoms. The number of anilines is 1. The van der Waals surface area contributed by atoms with E-state index in [9.17, 15) is 0 Å². The molecule has 0 bridgehead atoms. The van der Waals surface area contributed by atoms with E-state index < -0.39 is 0 Å². The van der Waals surface area contributed by atoms with E-state index in [2.05, 4.69) is 20.6 Å². The van der Waals surface area contributed by atoms with Crippen molar-refractivity contribution in [3.63, 3.8) is 0 Å². The molecule has 3 rings (SSSR count). The molecule has 0 aliphatic heterocycles. The van der Waals surface area contributed by atoms with Gasteiger partial charge in [0, 0.05) is 27.6 Å². The minimum atomic E-state index is 0.0377. The molecule has 112 valence electrons. The lowest BCUT2D eigenvalue weighted by molar-refractivity contribution is 0.311.